The number of ether oxygens (including phenoxy) is 3. The van der Waals surface area contributed by atoms with E-state index in [1.54, 1.807) is 0 Å². The molecule has 1 aliphatic heterocycles. The first-order valence-electron chi connectivity index (χ1n) is 6.26. The van der Waals surface area contributed by atoms with E-state index in [0.29, 0.717) is 0 Å². The summed E-state index contributed by atoms with van der Waals surface area (Å²) in [6.45, 7) is 3.37. The molecule has 0 aromatic carbocycles. The quantitative estimate of drug-likeness (QED) is 0.635. The van der Waals surface area contributed by atoms with Crippen molar-refractivity contribution in [3.05, 3.63) is 0 Å². The molecule has 0 radical (unpaired) electrons. The Morgan fingerprint density at radius 3 is 2.33 bits per heavy atom. The minimum atomic E-state index is -0.0116. The molecule has 2 aliphatic rings. The number of hydrogen-bond acceptors (Lipinski definition) is 3. The van der Waals surface area contributed by atoms with Gasteiger partial charge < -0.3 is 14.2 Å². The lowest BCUT2D eigenvalue weighted by atomic mass is 9.83. The zero-order chi connectivity index (χ0) is 10.3. The molecule has 3 heteroatoms. The van der Waals surface area contributed by atoms with Gasteiger partial charge in [0.25, 0.3) is 0 Å². The largest absolute Gasteiger partial charge is 0.381 e. The van der Waals surface area contributed by atoms with Crippen molar-refractivity contribution in [2.45, 2.75) is 44.8 Å². The average Bonchev–Trinajstić information content (AvgIpc) is 2.22. The minimum absolute atomic E-state index is 0.0116. The van der Waals surface area contributed by atoms with Gasteiger partial charge in [-0.2, -0.15) is 0 Å². The summed E-state index contributed by atoms with van der Waals surface area (Å²) in [4.78, 5) is 0. The van der Waals surface area contributed by atoms with Crippen molar-refractivity contribution in [3.63, 3.8) is 0 Å². The van der Waals surface area contributed by atoms with Gasteiger partial charge in [-0.05, 0) is 18.8 Å². The van der Waals surface area contributed by atoms with E-state index >= 15 is 0 Å². The standard InChI is InChI=1S/C12H22O3/c1-3-11(4-1)5-9-13-10-6-12-14-7-2-8-15-12/h11-12H,1-10H2. The molecule has 2 rings (SSSR count). The van der Waals surface area contributed by atoms with Crippen molar-refractivity contribution < 1.29 is 14.2 Å². The van der Waals surface area contributed by atoms with Gasteiger partial charge in [0.1, 0.15) is 0 Å². The number of rotatable bonds is 6. The van der Waals surface area contributed by atoms with Gasteiger partial charge in [0.2, 0.25) is 0 Å². The van der Waals surface area contributed by atoms with Crippen molar-refractivity contribution in [2.24, 2.45) is 5.92 Å². The summed E-state index contributed by atoms with van der Waals surface area (Å²) < 4.78 is 16.5. The van der Waals surface area contributed by atoms with Crippen LogP contribution in [0.4, 0.5) is 0 Å². The Labute approximate surface area is 92.1 Å². The van der Waals surface area contributed by atoms with Gasteiger partial charge in [-0.15, -0.1) is 0 Å². The van der Waals surface area contributed by atoms with Gasteiger partial charge in [0.05, 0.1) is 19.8 Å². The molecule has 0 N–H and O–H groups in total. The molecule has 1 heterocycles. The topological polar surface area (TPSA) is 27.7 Å². The Hall–Kier alpha value is -0.120. The molecule has 0 amide bonds. The molecular weight excluding hydrogens is 192 g/mol. The van der Waals surface area contributed by atoms with E-state index in [0.717, 1.165) is 45.2 Å². The van der Waals surface area contributed by atoms with E-state index in [4.69, 9.17) is 14.2 Å². The summed E-state index contributed by atoms with van der Waals surface area (Å²) in [5, 5.41) is 0. The van der Waals surface area contributed by atoms with Crippen molar-refractivity contribution in [1.29, 1.82) is 0 Å². The molecule has 3 nitrogen and oxygen atoms in total. The lowest BCUT2D eigenvalue weighted by molar-refractivity contribution is -0.186. The van der Waals surface area contributed by atoms with Crippen LogP contribution < -0.4 is 0 Å². The van der Waals surface area contributed by atoms with Crippen molar-refractivity contribution in [2.75, 3.05) is 26.4 Å². The summed E-state index contributed by atoms with van der Waals surface area (Å²) >= 11 is 0. The van der Waals surface area contributed by atoms with Gasteiger partial charge in [-0.25, -0.2) is 0 Å². The van der Waals surface area contributed by atoms with Crippen LogP contribution in [0.2, 0.25) is 0 Å². The van der Waals surface area contributed by atoms with E-state index in [9.17, 15) is 0 Å². The third-order valence-corrected chi connectivity index (χ3v) is 3.29. The van der Waals surface area contributed by atoms with Crippen molar-refractivity contribution in [3.8, 4) is 0 Å². The first kappa shape index (κ1) is 11.4. The van der Waals surface area contributed by atoms with Gasteiger partial charge in [0, 0.05) is 13.0 Å². The van der Waals surface area contributed by atoms with Gasteiger partial charge in [-0.3, -0.25) is 0 Å². The maximum atomic E-state index is 5.58. The highest BCUT2D eigenvalue weighted by Gasteiger charge is 2.17. The van der Waals surface area contributed by atoms with Crippen LogP contribution in [-0.4, -0.2) is 32.7 Å². The molecular formula is C12H22O3. The van der Waals surface area contributed by atoms with Crippen LogP contribution in [-0.2, 0) is 14.2 Å². The lowest BCUT2D eigenvalue weighted by Crippen LogP contribution is -2.26. The van der Waals surface area contributed by atoms with Crippen molar-refractivity contribution >= 4 is 0 Å². The summed E-state index contributed by atoms with van der Waals surface area (Å²) in [6.07, 6.45) is 7.39. The second-order valence-corrected chi connectivity index (χ2v) is 4.51. The summed E-state index contributed by atoms with van der Waals surface area (Å²) in [7, 11) is 0. The molecule has 1 saturated heterocycles. The van der Waals surface area contributed by atoms with Crippen molar-refractivity contribution in [1.82, 2.24) is 0 Å². The SMILES string of the molecule is C1COC(CCOCCC2CCC2)OC1. The maximum absolute atomic E-state index is 5.58. The highest BCUT2D eigenvalue weighted by Crippen LogP contribution is 2.29. The lowest BCUT2D eigenvalue weighted by Gasteiger charge is -2.25. The smallest absolute Gasteiger partial charge is 0.159 e. The molecule has 0 unspecified atom stereocenters. The Kier molecular flexibility index (Phi) is 4.90. The Balaban J connectivity index is 1.40. The summed E-state index contributed by atoms with van der Waals surface area (Å²) in [6, 6.07) is 0. The zero-order valence-corrected chi connectivity index (χ0v) is 9.45. The fourth-order valence-corrected chi connectivity index (χ4v) is 2.02. The van der Waals surface area contributed by atoms with Crippen LogP contribution in [0.25, 0.3) is 0 Å². The summed E-state index contributed by atoms with van der Waals surface area (Å²) in [5.41, 5.74) is 0. The molecule has 0 bridgehead atoms. The first-order valence-corrected chi connectivity index (χ1v) is 6.26. The second-order valence-electron chi connectivity index (χ2n) is 4.51. The van der Waals surface area contributed by atoms with E-state index in [1.807, 2.05) is 0 Å². The fraction of sp³-hybridized carbons (Fsp3) is 1.00. The average molecular weight is 214 g/mol. The molecule has 1 saturated carbocycles. The van der Waals surface area contributed by atoms with Crippen LogP contribution in [0.15, 0.2) is 0 Å². The normalized spacial score (nSPS) is 24.0. The third-order valence-electron chi connectivity index (χ3n) is 3.29. The van der Waals surface area contributed by atoms with Crippen LogP contribution >= 0.6 is 0 Å². The summed E-state index contributed by atoms with van der Waals surface area (Å²) in [5.74, 6) is 0.951. The molecule has 15 heavy (non-hydrogen) atoms. The Morgan fingerprint density at radius 2 is 1.67 bits per heavy atom. The second kappa shape index (κ2) is 6.46. The van der Waals surface area contributed by atoms with E-state index in [1.165, 1.54) is 25.7 Å². The molecule has 0 atom stereocenters. The Morgan fingerprint density at radius 1 is 0.933 bits per heavy atom. The highest BCUT2D eigenvalue weighted by atomic mass is 16.7. The zero-order valence-electron chi connectivity index (χ0n) is 9.45. The molecule has 0 spiro atoms. The fourth-order valence-electron chi connectivity index (χ4n) is 2.02. The monoisotopic (exact) mass is 214 g/mol. The first-order chi connectivity index (χ1) is 7.45. The predicted molar refractivity (Wildman–Crippen MR) is 57.7 cm³/mol. The van der Waals surface area contributed by atoms with E-state index < -0.39 is 0 Å². The molecule has 2 fully saturated rings. The van der Waals surface area contributed by atoms with Crippen LogP contribution in [0.1, 0.15) is 38.5 Å². The van der Waals surface area contributed by atoms with Gasteiger partial charge >= 0.3 is 0 Å². The van der Waals surface area contributed by atoms with Crippen LogP contribution in [0.3, 0.4) is 0 Å². The molecule has 88 valence electrons. The molecule has 0 aromatic heterocycles. The predicted octanol–water partition coefficient (Wildman–Crippen LogP) is 2.35. The molecule has 0 aromatic rings. The van der Waals surface area contributed by atoms with Gasteiger partial charge in [0.15, 0.2) is 6.29 Å². The third kappa shape index (κ3) is 4.09. The van der Waals surface area contributed by atoms with E-state index in [2.05, 4.69) is 0 Å². The van der Waals surface area contributed by atoms with E-state index in [-0.39, 0.29) is 6.29 Å². The molecule has 1 aliphatic carbocycles. The number of hydrogen-bond donors (Lipinski definition) is 0. The maximum Gasteiger partial charge on any atom is 0.159 e. The van der Waals surface area contributed by atoms with Crippen LogP contribution in [0, 0.1) is 5.92 Å². The minimum Gasteiger partial charge on any atom is -0.381 e. The van der Waals surface area contributed by atoms with Gasteiger partial charge in [-0.1, -0.05) is 19.3 Å². The Bertz CT molecular complexity index is 162. The highest BCUT2D eigenvalue weighted by molar-refractivity contribution is 4.68. The van der Waals surface area contributed by atoms with Crippen LogP contribution in [0.5, 0.6) is 0 Å².